The summed E-state index contributed by atoms with van der Waals surface area (Å²) in [6, 6.07) is 17.3. The third-order valence-electron chi connectivity index (χ3n) is 11.0. The second-order valence-corrected chi connectivity index (χ2v) is 21.4. The molecule has 2 aliphatic heterocycles. The van der Waals surface area contributed by atoms with Gasteiger partial charge >= 0.3 is 24.0 Å². The number of rotatable bonds is 22. The Morgan fingerprint density at radius 1 is 0.921 bits per heavy atom. The molecule has 2 aliphatic rings. The van der Waals surface area contributed by atoms with Crippen molar-refractivity contribution in [2.24, 2.45) is 10.1 Å². The van der Waals surface area contributed by atoms with E-state index in [0.717, 1.165) is 11.3 Å². The quantitative estimate of drug-likeness (QED) is 0.0164. The van der Waals surface area contributed by atoms with Crippen molar-refractivity contribution in [1.29, 1.82) is 0 Å². The standard InChI is InChI=1S/C51H64FN11O11S2/c1-50(2,3)73-48(67)56-47-55-41(58-76-47)38(57-72-30-52)43(64)54-39-44(65)63-40(46(66)71-28-33-17-21-36(70-11)22-18-33)34(29-75-45(39)63)27-62-24-12-14-37(42(62)53-31-59(7)8)61(26-32-15-19-35(69-10)20-16-32)25-13-23-60(9)49(68)74-51(4,5)6/h12,14-22,24,31,39,45H,13,23,25-30H2,1-11H3,(H-,54,55,56,58,64,67)/p+1/b57-38+. The molecule has 4 aromatic rings. The van der Waals surface area contributed by atoms with Crippen LogP contribution in [0.4, 0.5) is 30.6 Å². The SMILES string of the molecule is COc1ccc(COC(=O)C2=C(C[n+]3cccc(N(CCCN(C)C(=O)OC(C)(C)C)Cc4ccc(OC)cc4)c3N=CN(C)C)CSC3C(NC(=O)/C(=N/OCF)c4nsc(NC(=O)OC(C)(C)C)n4)C(=O)N23)cc1. The summed E-state index contributed by atoms with van der Waals surface area (Å²) in [6.07, 6.45) is 2.80. The predicted octanol–water partition coefficient (Wildman–Crippen LogP) is 6.42. The Morgan fingerprint density at radius 2 is 1.58 bits per heavy atom. The first kappa shape index (κ1) is 57.7. The van der Waals surface area contributed by atoms with Gasteiger partial charge in [-0.1, -0.05) is 29.4 Å². The van der Waals surface area contributed by atoms with E-state index < -0.39 is 65.2 Å². The Labute approximate surface area is 449 Å². The normalized spacial score (nSPS) is 15.6. The average molecular weight is 1090 g/mol. The number of aromatic nitrogens is 3. The first-order chi connectivity index (χ1) is 36.1. The van der Waals surface area contributed by atoms with Crippen molar-refractivity contribution in [3.8, 4) is 11.5 Å². The zero-order chi connectivity index (χ0) is 55.3. The Bertz CT molecular complexity index is 2800. The molecular weight excluding hydrogens is 1030 g/mol. The number of hydrogen-bond donors (Lipinski definition) is 2. The van der Waals surface area contributed by atoms with Gasteiger partial charge in [0.2, 0.25) is 23.0 Å². The highest BCUT2D eigenvalue weighted by Crippen LogP contribution is 2.41. The van der Waals surface area contributed by atoms with Gasteiger partial charge < -0.3 is 48.5 Å². The molecule has 2 atom stereocenters. The Kier molecular flexibility index (Phi) is 19.6. The molecule has 2 aromatic carbocycles. The lowest BCUT2D eigenvalue weighted by Crippen LogP contribution is -2.71. The van der Waals surface area contributed by atoms with Crippen molar-refractivity contribution >= 4 is 82.0 Å². The lowest BCUT2D eigenvalue weighted by molar-refractivity contribution is -0.675. The minimum atomic E-state index is -1.40. The first-order valence-electron chi connectivity index (χ1n) is 24.0. The third-order valence-corrected chi connectivity index (χ3v) is 13.0. The molecule has 0 bridgehead atoms. The van der Waals surface area contributed by atoms with E-state index in [1.54, 1.807) is 82.4 Å². The van der Waals surface area contributed by atoms with Gasteiger partial charge in [0.15, 0.2) is 0 Å². The number of halogens is 1. The van der Waals surface area contributed by atoms with Crippen molar-refractivity contribution in [3.05, 3.63) is 95.1 Å². The molecule has 1 saturated heterocycles. The number of thioether (sulfide) groups is 1. The van der Waals surface area contributed by atoms with E-state index >= 15 is 0 Å². The predicted molar refractivity (Wildman–Crippen MR) is 284 cm³/mol. The summed E-state index contributed by atoms with van der Waals surface area (Å²) >= 11 is 2.00. The average Bonchev–Trinajstić information content (AvgIpc) is 3.84. The van der Waals surface area contributed by atoms with Gasteiger partial charge in [0.25, 0.3) is 18.7 Å². The van der Waals surface area contributed by atoms with Gasteiger partial charge in [0.1, 0.15) is 58.7 Å². The molecule has 2 unspecified atom stereocenters. The maximum atomic E-state index is 14.5. The van der Waals surface area contributed by atoms with E-state index in [-0.39, 0.29) is 35.6 Å². The number of amides is 4. The summed E-state index contributed by atoms with van der Waals surface area (Å²) in [6.45, 7) is 10.4. The second-order valence-electron chi connectivity index (χ2n) is 19.5. The Morgan fingerprint density at radius 3 is 2.20 bits per heavy atom. The smallest absolute Gasteiger partial charge is 0.414 e. The number of hydrogen-bond acceptors (Lipinski definition) is 18. The van der Waals surface area contributed by atoms with Gasteiger partial charge in [0.05, 0.1) is 20.4 Å². The zero-order valence-electron chi connectivity index (χ0n) is 44.4. The monoisotopic (exact) mass is 1090 g/mol. The van der Waals surface area contributed by atoms with Crippen LogP contribution in [0.3, 0.4) is 0 Å². The number of esters is 1. The molecule has 22 nitrogen and oxygen atoms in total. The molecule has 25 heteroatoms. The van der Waals surface area contributed by atoms with E-state index in [4.69, 9.17) is 28.7 Å². The molecule has 0 aliphatic carbocycles. The topological polar surface area (TPSA) is 232 Å². The summed E-state index contributed by atoms with van der Waals surface area (Å²) in [7, 11) is 8.54. The minimum absolute atomic E-state index is 0.0119. The van der Waals surface area contributed by atoms with E-state index in [2.05, 4.69) is 34.9 Å². The number of nitrogens with zero attached hydrogens (tertiary/aromatic N) is 9. The van der Waals surface area contributed by atoms with Crippen molar-refractivity contribution in [1.82, 2.24) is 29.4 Å². The number of ether oxygens (including phenoxy) is 5. The minimum Gasteiger partial charge on any atom is -0.497 e. The number of anilines is 2. The fourth-order valence-corrected chi connectivity index (χ4v) is 9.45. The largest absolute Gasteiger partial charge is 0.497 e. The molecule has 76 heavy (non-hydrogen) atoms. The summed E-state index contributed by atoms with van der Waals surface area (Å²) in [5.41, 5.74) is 0.841. The fraction of sp³-hybridized carbons (Fsp3) is 0.451. The number of carbonyl (C=O) groups excluding carboxylic acids is 5. The fourth-order valence-electron chi connectivity index (χ4n) is 7.56. The summed E-state index contributed by atoms with van der Waals surface area (Å²) < 4.78 is 46.8. The highest BCUT2D eigenvalue weighted by Gasteiger charge is 2.55. The number of oxime groups is 1. The first-order valence-corrected chi connectivity index (χ1v) is 25.8. The number of fused-ring (bicyclic) bond motifs is 1. The van der Waals surface area contributed by atoms with Crippen molar-refractivity contribution in [3.63, 3.8) is 0 Å². The Hall–Kier alpha value is -7.54. The number of carbonyl (C=O) groups is 5. The molecule has 0 spiro atoms. The van der Waals surface area contributed by atoms with Crippen LogP contribution >= 0.6 is 23.3 Å². The van der Waals surface area contributed by atoms with E-state index in [9.17, 15) is 28.4 Å². The zero-order valence-corrected chi connectivity index (χ0v) is 46.1. The summed E-state index contributed by atoms with van der Waals surface area (Å²) in [5, 5.41) is 7.80. The molecule has 0 saturated carbocycles. The van der Waals surface area contributed by atoms with Crippen LogP contribution in [-0.2, 0) is 53.1 Å². The number of benzene rings is 2. The molecule has 6 rings (SSSR count). The maximum Gasteiger partial charge on any atom is 0.414 e. The van der Waals surface area contributed by atoms with Gasteiger partial charge in [0, 0.05) is 63.6 Å². The molecule has 1 fully saturated rings. The third kappa shape index (κ3) is 15.8. The van der Waals surface area contributed by atoms with Crippen LogP contribution in [0.5, 0.6) is 11.5 Å². The highest BCUT2D eigenvalue weighted by molar-refractivity contribution is 8.00. The van der Waals surface area contributed by atoms with Gasteiger partial charge in [-0.25, -0.2) is 23.3 Å². The van der Waals surface area contributed by atoms with Crippen LogP contribution in [0.25, 0.3) is 0 Å². The van der Waals surface area contributed by atoms with Crippen LogP contribution in [-0.4, -0.2) is 150 Å². The Balaban J connectivity index is 1.34. The van der Waals surface area contributed by atoms with Crippen molar-refractivity contribution in [2.45, 2.75) is 90.3 Å². The van der Waals surface area contributed by atoms with Crippen LogP contribution in [0.2, 0.25) is 0 Å². The number of pyridine rings is 1. The van der Waals surface area contributed by atoms with Crippen LogP contribution < -0.4 is 29.6 Å². The number of nitrogens with one attached hydrogen (secondary N) is 2. The molecule has 4 amide bonds. The molecular formula is C51H65FN11O11S2+. The van der Waals surface area contributed by atoms with Crippen LogP contribution in [0.15, 0.2) is 88.3 Å². The number of methoxy groups -OCH3 is 2. The van der Waals surface area contributed by atoms with Gasteiger partial charge in [-0.3, -0.25) is 19.8 Å². The molecule has 408 valence electrons. The number of aliphatic imine (C=N–C) groups is 1. The van der Waals surface area contributed by atoms with Gasteiger partial charge in [-0.05, 0) is 100 Å². The van der Waals surface area contributed by atoms with E-state index in [0.29, 0.717) is 66.0 Å². The molecule has 2 N–H and O–H groups in total. The maximum absolute atomic E-state index is 14.5. The summed E-state index contributed by atoms with van der Waals surface area (Å²) in [5.74, 6) is -0.692. The van der Waals surface area contributed by atoms with E-state index in [1.165, 1.54) is 16.7 Å². The number of alkyl halides is 1. The number of β-lactam (4-membered cyclic amide) rings is 1. The molecule has 0 radical (unpaired) electrons. The lowest BCUT2D eigenvalue weighted by atomic mass is 10.0. The van der Waals surface area contributed by atoms with Gasteiger partial charge in [-0.2, -0.15) is 9.36 Å². The van der Waals surface area contributed by atoms with Crippen LogP contribution in [0.1, 0.15) is 64.9 Å². The van der Waals surface area contributed by atoms with Crippen molar-refractivity contribution < 1.29 is 61.5 Å². The van der Waals surface area contributed by atoms with Gasteiger partial charge in [-0.15, -0.1) is 11.8 Å². The lowest BCUT2D eigenvalue weighted by Gasteiger charge is -2.49. The van der Waals surface area contributed by atoms with Crippen LogP contribution in [0, 0.1) is 0 Å². The highest BCUT2D eigenvalue weighted by atomic mass is 32.2. The van der Waals surface area contributed by atoms with Crippen molar-refractivity contribution in [2.75, 3.05) is 71.3 Å². The summed E-state index contributed by atoms with van der Waals surface area (Å²) in [4.78, 5) is 88.7. The molecule has 2 aromatic heterocycles. The molecule has 4 heterocycles. The van der Waals surface area contributed by atoms with E-state index in [1.807, 2.05) is 82.0 Å². The second kappa shape index (κ2) is 25.8.